The van der Waals surface area contributed by atoms with Crippen molar-refractivity contribution in [1.29, 1.82) is 0 Å². The third-order valence-corrected chi connectivity index (χ3v) is 5.75. The maximum atomic E-state index is 12.3. The fourth-order valence-electron chi connectivity index (χ4n) is 2.90. The molecule has 0 atom stereocenters. The van der Waals surface area contributed by atoms with E-state index >= 15 is 0 Å². The highest BCUT2D eigenvalue weighted by Gasteiger charge is 2.21. The van der Waals surface area contributed by atoms with Gasteiger partial charge in [-0.05, 0) is 31.5 Å². The van der Waals surface area contributed by atoms with Crippen molar-refractivity contribution in [2.75, 3.05) is 20.1 Å². The molecule has 21 heavy (non-hydrogen) atoms. The van der Waals surface area contributed by atoms with Crippen molar-refractivity contribution in [2.45, 2.75) is 43.2 Å². The van der Waals surface area contributed by atoms with Crippen LogP contribution in [0.1, 0.15) is 31.2 Å². The molecule has 0 bridgehead atoms. The van der Waals surface area contributed by atoms with E-state index in [2.05, 4.69) is 16.7 Å². The number of likely N-dealkylation sites (N-methyl/N-ethyl adjacent to an activating group) is 1. The summed E-state index contributed by atoms with van der Waals surface area (Å²) in [6.45, 7) is 1.38. The summed E-state index contributed by atoms with van der Waals surface area (Å²) in [5.41, 5.74) is 6.25. The van der Waals surface area contributed by atoms with Gasteiger partial charge in [0.25, 0.3) is 0 Å². The van der Waals surface area contributed by atoms with Gasteiger partial charge in [-0.1, -0.05) is 31.0 Å². The van der Waals surface area contributed by atoms with Crippen LogP contribution in [-0.2, 0) is 16.6 Å². The average Bonchev–Trinajstić information content (AvgIpc) is 3.01. The topological polar surface area (TPSA) is 75.4 Å². The van der Waals surface area contributed by atoms with Crippen LogP contribution in [0.4, 0.5) is 0 Å². The van der Waals surface area contributed by atoms with Gasteiger partial charge in [0.15, 0.2) is 0 Å². The quantitative estimate of drug-likeness (QED) is 0.796. The summed E-state index contributed by atoms with van der Waals surface area (Å²) in [6.07, 6.45) is 5.01. The van der Waals surface area contributed by atoms with Crippen molar-refractivity contribution in [3.63, 3.8) is 0 Å². The summed E-state index contributed by atoms with van der Waals surface area (Å²) < 4.78 is 27.3. The lowest BCUT2D eigenvalue weighted by Gasteiger charge is -2.24. The highest BCUT2D eigenvalue weighted by atomic mass is 32.2. The molecular formula is C15H25N3O2S. The van der Waals surface area contributed by atoms with E-state index in [1.807, 2.05) is 0 Å². The first kappa shape index (κ1) is 16.4. The number of benzene rings is 1. The number of nitrogens with two attached hydrogens (primary N) is 1. The molecule has 1 saturated carbocycles. The Hall–Kier alpha value is -0.950. The highest BCUT2D eigenvalue weighted by Crippen LogP contribution is 2.22. The fraction of sp³-hybridized carbons (Fsp3) is 0.600. The van der Waals surface area contributed by atoms with Crippen molar-refractivity contribution in [3.05, 3.63) is 29.8 Å². The molecule has 0 unspecified atom stereocenters. The second-order valence-corrected chi connectivity index (χ2v) is 7.36. The summed E-state index contributed by atoms with van der Waals surface area (Å²) in [6, 6.07) is 7.48. The summed E-state index contributed by atoms with van der Waals surface area (Å²) in [5, 5.41) is 0. The van der Waals surface area contributed by atoms with Gasteiger partial charge in [-0.15, -0.1) is 0 Å². The molecule has 0 radical (unpaired) electrons. The van der Waals surface area contributed by atoms with Crippen LogP contribution in [-0.4, -0.2) is 39.5 Å². The van der Waals surface area contributed by atoms with Crippen molar-refractivity contribution < 1.29 is 8.42 Å². The van der Waals surface area contributed by atoms with E-state index in [0.717, 1.165) is 6.54 Å². The smallest absolute Gasteiger partial charge is 0.240 e. The van der Waals surface area contributed by atoms with E-state index in [1.165, 1.54) is 25.7 Å². The van der Waals surface area contributed by atoms with Crippen LogP contribution >= 0.6 is 0 Å². The number of hydrogen-bond donors (Lipinski definition) is 2. The number of nitrogens with zero attached hydrogens (tertiary/aromatic N) is 1. The number of rotatable bonds is 7. The van der Waals surface area contributed by atoms with Crippen LogP contribution in [0.2, 0.25) is 0 Å². The van der Waals surface area contributed by atoms with Crippen LogP contribution in [0.3, 0.4) is 0 Å². The van der Waals surface area contributed by atoms with Gasteiger partial charge in [0.2, 0.25) is 10.0 Å². The molecule has 5 nitrogen and oxygen atoms in total. The molecular weight excluding hydrogens is 286 g/mol. The Kier molecular flexibility index (Phi) is 5.75. The van der Waals surface area contributed by atoms with Crippen molar-refractivity contribution in [1.82, 2.24) is 9.62 Å². The predicted molar refractivity (Wildman–Crippen MR) is 84.4 cm³/mol. The van der Waals surface area contributed by atoms with E-state index in [9.17, 15) is 8.42 Å². The van der Waals surface area contributed by atoms with Crippen LogP contribution < -0.4 is 10.5 Å². The Labute approximate surface area is 127 Å². The van der Waals surface area contributed by atoms with Gasteiger partial charge < -0.3 is 10.6 Å². The molecule has 0 spiro atoms. The van der Waals surface area contributed by atoms with Crippen LogP contribution in [0.5, 0.6) is 0 Å². The lowest BCUT2D eigenvalue weighted by molar-refractivity contribution is 0.250. The van der Waals surface area contributed by atoms with E-state index in [0.29, 0.717) is 18.2 Å². The Balaban J connectivity index is 1.92. The average molecular weight is 311 g/mol. The van der Waals surface area contributed by atoms with Crippen LogP contribution in [0.25, 0.3) is 0 Å². The molecule has 2 rings (SSSR count). The molecule has 118 valence electrons. The molecule has 0 heterocycles. The zero-order valence-electron chi connectivity index (χ0n) is 12.6. The van der Waals surface area contributed by atoms with Gasteiger partial charge in [-0.2, -0.15) is 0 Å². The SMILES string of the molecule is CN(CCNS(=O)(=O)c1ccccc1CN)C1CCCC1. The molecule has 3 N–H and O–H groups in total. The minimum absolute atomic E-state index is 0.221. The Bertz CT molecular complexity index is 554. The molecule has 1 aliphatic carbocycles. The van der Waals surface area contributed by atoms with E-state index in [-0.39, 0.29) is 11.4 Å². The maximum absolute atomic E-state index is 12.3. The largest absolute Gasteiger partial charge is 0.326 e. The van der Waals surface area contributed by atoms with Crippen LogP contribution in [0, 0.1) is 0 Å². The Morgan fingerprint density at radius 1 is 1.29 bits per heavy atom. The van der Waals surface area contributed by atoms with Crippen LogP contribution in [0.15, 0.2) is 29.2 Å². The minimum atomic E-state index is -3.48. The highest BCUT2D eigenvalue weighted by molar-refractivity contribution is 7.89. The van der Waals surface area contributed by atoms with Gasteiger partial charge >= 0.3 is 0 Å². The zero-order chi connectivity index (χ0) is 15.3. The summed E-state index contributed by atoms with van der Waals surface area (Å²) in [4.78, 5) is 2.54. The number of sulfonamides is 1. The normalized spacial score (nSPS) is 16.7. The lowest BCUT2D eigenvalue weighted by atomic mass is 10.2. The van der Waals surface area contributed by atoms with E-state index in [4.69, 9.17) is 5.73 Å². The van der Waals surface area contributed by atoms with E-state index < -0.39 is 10.0 Å². The fourth-order valence-corrected chi connectivity index (χ4v) is 4.17. The molecule has 1 aliphatic rings. The lowest BCUT2D eigenvalue weighted by Crippen LogP contribution is -2.37. The van der Waals surface area contributed by atoms with Crippen molar-refractivity contribution in [3.8, 4) is 0 Å². The summed E-state index contributed by atoms with van der Waals surface area (Å²) >= 11 is 0. The Morgan fingerprint density at radius 2 is 1.95 bits per heavy atom. The second kappa shape index (κ2) is 7.35. The van der Waals surface area contributed by atoms with E-state index in [1.54, 1.807) is 24.3 Å². The third-order valence-electron chi connectivity index (χ3n) is 4.19. The first-order valence-corrected chi connectivity index (χ1v) is 9.01. The first-order chi connectivity index (χ1) is 10.0. The number of nitrogens with one attached hydrogen (secondary N) is 1. The van der Waals surface area contributed by atoms with Gasteiger partial charge in [0.05, 0.1) is 4.90 Å². The second-order valence-electron chi connectivity index (χ2n) is 5.63. The number of hydrogen-bond acceptors (Lipinski definition) is 4. The minimum Gasteiger partial charge on any atom is -0.326 e. The Morgan fingerprint density at radius 3 is 2.62 bits per heavy atom. The molecule has 6 heteroatoms. The summed E-state index contributed by atoms with van der Waals surface area (Å²) in [5.74, 6) is 0. The van der Waals surface area contributed by atoms with Gasteiger partial charge in [0, 0.05) is 25.7 Å². The molecule has 1 aromatic carbocycles. The molecule has 0 aliphatic heterocycles. The van der Waals surface area contributed by atoms with Crippen molar-refractivity contribution >= 4 is 10.0 Å². The molecule has 0 aromatic heterocycles. The van der Waals surface area contributed by atoms with Gasteiger partial charge in [-0.25, -0.2) is 13.1 Å². The molecule has 0 amide bonds. The molecule has 1 aromatic rings. The van der Waals surface area contributed by atoms with Gasteiger partial charge in [-0.3, -0.25) is 0 Å². The molecule has 1 fully saturated rings. The predicted octanol–water partition coefficient (Wildman–Crippen LogP) is 1.30. The van der Waals surface area contributed by atoms with Gasteiger partial charge in [0.1, 0.15) is 0 Å². The maximum Gasteiger partial charge on any atom is 0.240 e. The molecule has 0 saturated heterocycles. The monoisotopic (exact) mass is 311 g/mol. The zero-order valence-corrected chi connectivity index (χ0v) is 13.4. The first-order valence-electron chi connectivity index (χ1n) is 7.52. The standard InChI is InChI=1S/C15H25N3O2S/c1-18(14-7-3-4-8-14)11-10-17-21(19,20)15-9-5-2-6-13(15)12-16/h2,5-6,9,14,17H,3-4,7-8,10-12,16H2,1H3. The summed E-state index contributed by atoms with van der Waals surface area (Å²) in [7, 11) is -1.41. The van der Waals surface area contributed by atoms with Crippen molar-refractivity contribution in [2.24, 2.45) is 5.73 Å². The third kappa shape index (κ3) is 4.26.